The molecule has 3 heterocycles. The van der Waals surface area contributed by atoms with Crippen LogP contribution in [0.3, 0.4) is 0 Å². The van der Waals surface area contributed by atoms with Crippen LogP contribution < -0.4 is 5.56 Å². The van der Waals surface area contributed by atoms with Gasteiger partial charge in [0.25, 0.3) is 5.56 Å². The minimum atomic E-state index is 0.0235. The van der Waals surface area contributed by atoms with Crippen molar-refractivity contribution in [3.8, 4) is 5.69 Å². The average molecular weight is 427 g/mol. The van der Waals surface area contributed by atoms with Crippen molar-refractivity contribution < 1.29 is 4.74 Å². The lowest BCUT2D eigenvalue weighted by Gasteiger charge is -2.26. The molecule has 1 atom stereocenters. The standard InChI is InChI=1S/C23H26N2O2S2/c1-13(2)12-28-23-24-21-20(16-10-18(14(3)4)27-11-19(16)29-21)22(26)25(23)17-9-7-6-8-15(17)5/h6-9,14,18H,1,10-12H2,2-5H3/t18-/m0/s1. The van der Waals surface area contributed by atoms with Gasteiger partial charge in [0.2, 0.25) is 0 Å². The number of aryl methyl sites for hydroxylation is 1. The second-order valence-corrected chi connectivity index (χ2v) is 10.1. The summed E-state index contributed by atoms with van der Waals surface area (Å²) < 4.78 is 7.83. The van der Waals surface area contributed by atoms with E-state index in [-0.39, 0.29) is 11.7 Å². The van der Waals surface area contributed by atoms with Crippen molar-refractivity contribution in [3.63, 3.8) is 0 Å². The number of thioether (sulfide) groups is 1. The maximum absolute atomic E-state index is 13.8. The molecule has 1 aliphatic heterocycles. The number of nitrogens with zero attached hydrogens (tertiary/aromatic N) is 2. The van der Waals surface area contributed by atoms with E-state index in [9.17, 15) is 4.79 Å². The summed E-state index contributed by atoms with van der Waals surface area (Å²) in [6, 6.07) is 7.99. The van der Waals surface area contributed by atoms with Crippen molar-refractivity contribution in [1.82, 2.24) is 9.55 Å². The molecule has 4 nitrogen and oxygen atoms in total. The molecule has 0 unspecified atom stereocenters. The maximum Gasteiger partial charge on any atom is 0.267 e. The summed E-state index contributed by atoms with van der Waals surface area (Å²) in [5.41, 5.74) is 4.16. The van der Waals surface area contributed by atoms with Gasteiger partial charge in [0.15, 0.2) is 5.16 Å². The summed E-state index contributed by atoms with van der Waals surface area (Å²) in [6.07, 6.45) is 0.916. The minimum Gasteiger partial charge on any atom is -0.372 e. The van der Waals surface area contributed by atoms with Crippen LogP contribution in [0.1, 0.15) is 36.8 Å². The highest BCUT2D eigenvalue weighted by molar-refractivity contribution is 7.99. The first-order valence-corrected chi connectivity index (χ1v) is 11.7. The van der Waals surface area contributed by atoms with Crippen molar-refractivity contribution in [2.45, 2.75) is 52.0 Å². The Labute approximate surface area is 179 Å². The molecule has 6 heteroatoms. The Kier molecular flexibility index (Phi) is 5.69. The Bertz CT molecular complexity index is 1140. The van der Waals surface area contributed by atoms with E-state index in [0.717, 1.165) is 54.8 Å². The van der Waals surface area contributed by atoms with Crippen molar-refractivity contribution >= 4 is 33.3 Å². The number of thiophene rings is 1. The van der Waals surface area contributed by atoms with Crippen LogP contribution in [0.25, 0.3) is 15.9 Å². The van der Waals surface area contributed by atoms with E-state index in [1.54, 1.807) is 27.7 Å². The van der Waals surface area contributed by atoms with Crippen LogP contribution in [0.5, 0.6) is 0 Å². The van der Waals surface area contributed by atoms with Crippen LogP contribution in [-0.2, 0) is 17.8 Å². The molecule has 0 radical (unpaired) electrons. The molecule has 0 aliphatic carbocycles. The molecule has 0 amide bonds. The third-order valence-electron chi connectivity index (χ3n) is 5.26. The maximum atomic E-state index is 13.8. The number of rotatable bonds is 5. The summed E-state index contributed by atoms with van der Waals surface area (Å²) in [4.78, 5) is 20.7. The summed E-state index contributed by atoms with van der Waals surface area (Å²) in [5.74, 6) is 1.14. The highest BCUT2D eigenvalue weighted by Gasteiger charge is 2.28. The molecule has 0 bridgehead atoms. The number of hydrogen-bond acceptors (Lipinski definition) is 5. The fraction of sp³-hybridized carbons (Fsp3) is 0.391. The van der Waals surface area contributed by atoms with Gasteiger partial charge < -0.3 is 4.74 Å². The molecule has 3 aromatic rings. The van der Waals surface area contributed by atoms with E-state index < -0.39 is 0 Å². The Morgan fingerprint density at radius 2 is 2.17 bits per heavy atom. The second-order valence-electron chi connectivity index (χ2n) is 8.05. The van der Waals surface area contributed by atoms with E-state index in [1.165, 1.54) is 0 Å². The quantitative estimate of drug-likeness (QED) is 0.306. The molecule has 29 heavy (non-hydrogen) atoms. The number of aromatic nitrogens is 2. The van der Waals surface area contributed by atoms with Gasteiger partial charge >= 0.3 is 0 Å². The first-order valence-electron chi connectivity index (χ1n) is 9.89. The molecule has 1 aromatic carbocycles. The van der Waals surface area contributed by atoms with Gasteiger partial charge in [0, 0.05) is 17.1 Å². The normalized spacial score (nSPS) is 16.4. The Morgan fingerprint density at radius 3 is 2.86 bits per heavy atom. The Balaban J connectivity index is 1.96. The van der Waals surface area contributed by atoms with Crippen LogP contribution in [0.2, 0.25) is 0 Å². The van der Waals surface area contributed by atoms with Crippen LogP contribution >= 0.6 is 23.1 Å². The highest BCUT2D eigenvalue weighted by atomic mass is 32.2. The zero-order valence-corrected chi connectivity index (χ0v) is 19.0. The zero-order chi connectivity index (χ0) is 20.7. The molecule has 4 rings (SSSR count). The summed E-state index contributed by atoms with van der Waals surface area (Å²) >= 11 is 3.17. The van der Waals surface area contributed by atoms with Crippen LogP contribution in [-0.4, -0.2) is 21.4 Å². The number of fused-ring (bicyclic) bond motifs is 3. The molecule has 0 fully saturated rings. The van der Waals surface area contributed by atoms with E-state index in [4.69, 9.17) is 9.72 Å². The number of para-hydroxylation sites is 1. The molecule has 0 saturated heterocycles. The van der Waals surface area contributed by atoms with Crippen LogP contribution in [0.4, 0.5) is 0 Å². The summed E-state index contributed by atoms with van der Waals surface area (Å²) in [5, 5.41) is 1.49. The highest BCUT2D eigenvalue weighted by Crippen LogP contribution is 2.36. The fourth-order valence-corrected chi connectivity index (χ4v) is 5.66. The van der Waals surface area contributed by atoms with Gasteiger partial charge in [-0.15, -0.1) is 11.3 Å². The largest absolute Gasteiger partial charge is 0.372 e. The third kappa shape index (κ3) is 3.81. The van der Waals surface area contributed by atoms with Gasteiger partial charge in [-0.2, -0.15) is 0 Å². The van der Waals surface area contributed by atoms with Gasteiger partial charge in [-0.1, -0.05) is 56.0 Å². The SMILES string of the molecule is C=C(C)CSc1nc2sc3c(c2c(=O)n1-c1ccccc1C)C[C@@H](C(C)C)OC3. The van der Waals surface area contributed by atoms with Gasteiger partial charge in [0.05, 0.1) is 23.8 Å². The van der Waals surface area contributed by atoms with Gasteiger partial charge in [-0.05, 0) is 37.0 Å². The molecular weight excluding hydrogens is 400 g/mol. The monoisotopic (exact) mass is 426 g/mol. The lowest BCUT2D eigenvalue weighted by Crippen LogP contribution is -2.28. The molecule has 0 spiro atoms. The minimum absolute atomic E-state index is 0.0235. The van der Waals surface area contributed by atoms with E-state index in [0.29, 0.717) is 12.5 Å². The first-order chi connectivity index (χ1) is 13.9. The molecule has 0 saturated carbocycles. The average Bonchev–Trinajstić information content (AvgIpc) is 3.05. The van der Waals surface area contributed by atoms with E-state index in [1.807, 2.05) is 38.1 Å². The molecule has 0 N–H and O–H groups in total. The third-order valence-corrected chi connectivity index (χ3v) is 7.53. The molecule has 2 aromatic heterocycles. The second kappa shape index (κ2) is 8.09. The van der Waals surface area contributed by atoms with Crippen LogP contribution in [0, 0.1) is 12.8 Å². The smallest absolute Gasteiger partial charge is 0.267 e. The predicted molar refractivity (Wildman–Crippen MR) is 123 cm³/mol. The molecule has 1 aliphatic rings. The Hall–Kier alpha value is -1.89. The number of benzene rings is 1. The Morgan fingerprint density at radius 1 is 1.41 bits per heavy atom. The topological polar surface area (TPSA) is 44.1 Å². The first kappa shape index (κ1) is 20.4. The lowest BCUT2D eigenvalue weighted by atomic mass is 9.96. The van der Waals surface area contributed by atoms with Crippen molar-refractivity contribution in [1.29, 1.82) is 0 Å². The van der Waals surface area contributed by atoms with E-state index in [2.05, 4.69) is 20.4 Å². The van der Waals surface area contributed by atoms with Gasteiger partial charge in [0.1, 0.15) is 4.83 Å². The predicted octanol–water partition coefficient (Wildman–Crippen LogP) is 5.52. The van der Waals surface area contributed by atoms with Crippen molar-refractivity contribution in [2.24, 2.45) is 5.92 Å². The van der Waals surface area contributed by atoms with Crippen LogP contribution in [0.15, 0.2) is 46.4 Å². The van der Waals surface area contributed by atoms with Gasteiger partial charge in [-0.25, -0.2) is 4.98 Å². The summed E-state index contributed by atoms with van der Waals surface area (Å²) in [7, 11) is 0. The van der Waals surface area contributed by atoms with E-state index >= 15 is 0 Å². The lowest BCUT2D eigenvalue weighted by molar-refractivity contribution is 0.00200. The van der Waals surface area contributed by atoms with Crippen molar-refractivity contribution in [2.75, 3.05) is 5.75 Å². The number of hydrogen-bond donors (Lipinski definition) is 0. The zero-order valence-electron chi connectivity index (χ0n) is 17.3. The molecular formula is C23H26N2O2S2. The number of ether oxygens (including phenoxy) is 1. The van der Waals surface area contributed by atoms with Gasteiger partial charge in [-0.3, -0.25) is 9.36 Å². The fourth-order valence-electron chi connectivity index (χ4n) is 3.65. The van der Waals surface area contributed by atoms with Crippen molar-refractivity contribution in [3.05, 3.63) is 62.8 Å². The summed E-state index contributed by atoms with van der Waals surface area (Å²) in [6.45, 7) is 12.9. The molecule has 152 valence electrons.